The van der Waals surface area contributed by atoms with Crippen molar-refractivity contribution in [2.24, 2.45) is 5.92 Å². The quantitative estimate of drug-likeness (QED) is 0.899. The highest BCUT2D eigenvalue weighted by atomic mass is 32.1. The van der Waals surface area contributed by atoms with Crippen molar-refractivity contribution in [1.82, 2.24) is 20.1 Å². The zero-order chi connectivity index (χ0) is 16.4. The van der Waals surface area contributed by atoms with Crippen LogP contribution in [-0.4, -0.2) is 60.6 Å². The summed E-state index contributed by atoms with van der Waals surface area (Å²) in [6, 6.07) is 0.387. The maximum absolute atomic E-state index is 12.4. The van der Waals surface area contributed by atoms with E-state index in [0.717, 1.165) is 30.9 Å². The summed E-state index contributed by atoms with van der Waals surface area (Å²) in [5.74, 6) is 1.23. The average molecular weight is 337 g/mol. The zero-order valence-electron chi connectivity index (χ0n) is 14.4. The van der Waals surface area contributed by atoms with Gasteiger partial charge in [-0.25, -0.2) is 9.78 Å². The fourth-order valence-corrected chi connectivity index (χ4v) is 4.36. The van der Waals surface area contributed by atoms with Crippen LogP contribution in [0.3, 0.4) is 0 Å². The standard InChI is InChI=1S/C17H28N4OS/c1-12-10-20(2)9-7-15(12)21(3)17(22)18-8-6-16-19-14(11-23-16)13-4-5-13/h11-13,15H,4-10H2,1-3H3,(H,18,22)/t12-,15-/m1/s1. The van der Waals surface area contributed by atoms with Crippen LogP contribution < -0.4 is 5.32 Å². The molecule has 0 bridgehead atoms. The molecule has 1 saturated carbocycles. The molecule has 128 valence electrons. The average Bonchev–Trinajstić information content (AvgIpc) is 3.26. The van der Waals surface area contributed by atoms with Crippen LogP contribution in [0.4, 0.5) is 4.79 Å². The predicted molar refractivity (Wildman–Crippen MR) is 94.0 cm³/mol. The van der Waals surface area contributed by atoms with Crippen LogP contribution in [0.25, 0.3) is 0 Å². The van der Waals surface area contributed by atoms with Crippen molar-refractivity contribution in [2.75, 3.05) is 33.7 Å². The Balaban J connectivity index is 1.42. The number of hydrogen-bond acceptors (Lipinski definition) is 4. The molecular formula is C17H28N4OS. The molecule has 0 unspecified atom stereocenters. The molecule has 2 fully saturated rings. The Kier molecular flexibility index (Phi) is 5.21. The Morgan fingerprint density at radius 2 is 2.26 bits per heavy atom. The van der Waals surface area contributed by atoms with Crippen molar-refractivity contribution in [3.63, 3.8) is 0 Å². The van der Waals surface area contributed by atoms with Crippen LogP contribution in [0.15, 0.2) is 5.38 Å². The Hall–Kier alpha value is -1.14. The lowest BCUT2D eigenvalue weighted by Crippen LogP contribution is -2.52. The second-order valence-electron chi connectivity index (χ2n) is 7.13. The van der Waals surface area contributed by atoms with Crippen LogP contribution in [-0.2, 0) is 6.42 Å². The van der Waals surface area contributed by atoms with Gasteiger partial charge in [0, 0.05) is 43.9 Å². The van der Waals surface area contributed by atoms with Gasteiger partial charge in [-0.3, -0.25) is 0 Å². The first-order valence-electron chi connectivity index (χ1n) is 8.68. The second kappa shape index (κ2) is 7.18. The summed E-state index contributed by atoms with van der Waals surface area (Å²) >= 11 is 1.73. The SMILES string of the molecule is C[C@@H]1CN(C)CC[C@H]1N(C)C(=O)NCCc1nc(C2CC2)cs1. The Bertz CT molecular complexity index is 542. The van der Waals surface area contributed by atoms with Gasteiger partial charge in [0.15, 0.2) is 0 Å². The molecular weight excluding hydrogens is 308 g/mol. The van der Waals surface area contributed by atoms with E-state index < -0.39 is 0 Å². The summed E-state index contributed by atoms with van der Waals surface area (Å²) in [5, 5.41) is 6.38. The molecule has 1 saturated heterocycles. The van der Waals surface area contributed by atoms with E-state index in [9.17, 15) is 4.79 Å². The van der Waals surface area contributed by atoms with Crippen molar-refractivity contribution >= 4 is 17.4 Å². The van der Waals surface area contributed by atoms with Gasteiger partial charge in [0.05, 0.1) is 10.7 Å². The largest absolute Gasteiger partial charge is 0.338 e. The van der Waals surface area contributed by atoms with Gasteiger partial charge in [-0.2, -0.15) is 0 Å². The van der Waals surface area contributed by atoms with E-state index in [1.165, 1.54) is 18.5 Å². The Morgan fingerprint density at radius 3 is 2.96 bits per heavy atom. The summed E-state index contributed by atoms with van der Waals surface area (Å²) < 4.78 is 0. The minimum absolute atomic E-state index is 0.0466. The molecule has 1 aliphatic carbocycles. The zero-order valence-corrected chi connectivity index (χ0v) is 15.2. The number of piperidine rings is 1. The summed E-state index contributed by atoms with van der Waals surface area (Å²) in [6.07, 6.45) is 4.47. The highest BCUT2D eigenvalue weighted by Crippen LogP contribution is 2.40. The van der Waals surface area contributed by atoms with Crippen LogP contribution in [0.5, 0.6) is 0 Å². The number of hydrogen-bond donors (Lipinski definition) is 1. The van der Waals surface area contributed by atoms with Crippen molar-refractivity contribution in [3.05, 3.63) is 16.1 Å². The van der Waals surface area contributed by atoms with Crippen molar-refractivity contribution < 1.29 is 4.79 Å². The minimum Gasteiger partial charge on any atom is -0.338 e. The van der Waals surface area contributed by atoms with Gasteiger partial charge in [0.25, 0.3) is 0 Å². The maximum Gasteiger partial charge on any atom is 0.317 e. The number of carbonyl (C=O) groups is 1. The fraction of sp³-hybridized carbons (Fsp3) is 0.765. The van der Waals surface area contributed by atoms with Gasteiger partial charge in [0.2, 0.25) is 0 Å². The molecule has 1 aromatic rings. The Labute approximate surface area is 143 Å². The van der Waals surface area contributed by atoms with E-state index in [4.69, 9.17) is 0 Å². The van der Waals surface area contributed by atoms with Crippen molar-refractivity contribution in [2.45, 2.75) is 44.6 Å². The van der Waals surface area contributed by atoms with Gasteiger partial charge >= 0.3 is 6.03 Å². The van der Waals surface area contributed by atoms with E-state index >= 15 is 0 Å². The van der Waals surface area contributed by atoms with E-state index in [-0.39, 0.29) is 6.03 Å². The van der Waals surface area contributed by atoms with E-state index in [1.807, 2.05) is 11.9 Å². The summed E-state index contributed by atoms with van der Waals surface area (Å²) in [6.45, 7) is 5.03. The van der Waals surface area contributed by atoms with Crippen LogP contribution >= 0.6 is 11.3 Å². The highest BCUT2D eigenvalue weighted by Gasteiger charge is 2.30. The summed E-state index contributed by atoms with van der Waals surface area (Å²) in [7, 11) is 4.08. The van der Waals surface area contributed by atoms with E-state index in [0.29, 0.717) is 24.4 Å². The molecule has 0 spiro atoms. The van der Waals surface area contributed by atoms with Crippen molar-refractivity contribution in [3.8, 4) is 0 Å². The fourth-order valence-electron chi connectivity index (χ4n) is 3.48. The lowest BCUT2D eigenvalue weighted by molar-refractivity contribution is 0.107. The van der Waals surface area contributed by atoms with Crippen LogP contribution in [0.1, 0.15) is 42.8 Å². The second-order valence-corrected chi connectivity index (χ2v) is 8.07. The van der Waals surface area contributed by atoms with Gasteiger partial charge in [-0.1, -0.05) is 6.92 Å². The maximum atomic E-state index is 12.4. The molecule has 2 heterocycles. The lowest BCUT2D eigenvalue weighted by Gasteiger charge is -2.39. The molecule has 1 aliphatic heterocycles. The van der Waals surface area contributed by atoms with Gasteiger partial charge < -0.3 is 15.1 Å². The minimum atomic E-state index is 0.0466. The first kappa shape index (κ1) is 16.7. The first-order valence-corrected chi connectivity index (χ1v) is 9.56. The number of nitrogens with zero attached hydrogens (tertiary/aromatic N) is 3. The van der Waals surface area contributed by atoms with E-state index in [2.05, 4.69) is 34.6 Å². The Morgan fingerprint density at radius 1 is 1.48 bits per heavy atom. The molecule has 6 heteroatoms. The number of urea groups is 1. The first-order chi connectivity index (χ1) is 11.0. The third-order valence-electron chi connectivity index (χ3n) is 5.06. The molecule has 0 radical (unpaired) electrons. The number of aromatic nitrogens is 1. The number of likely N-dealkylation sites (tertiary alicyclic amines) is 1. The number of carbonyl (C=O) groups excluding carboxylic acids is 1. The molecule has 5 nitrogen and oxygen atoms in total. The van der Waals surface area contributed by atoms with Crippen LogP contribution in [0.2, 0.25) is 0 Å². The van der Waals surface area contributed by atoms with Crippen molar-refractivity contribution in [1.29, 1.82) is 0 Å². The van der Waals surface area contributed by atoms with Gasteiger partial charge in [0.1, 0.15) is 0 Å². The van der Waals surface area contributed by atoms with E-state index in [1.54, 1.807) is 11.3 Å². The number of amides is 2. The molecule has 1 aromatic heterocycles. The van der Waals surface area contributed by atoms with Crippen LogP contribution in [0, 0.1) is 5.92 Å². The van der Waals surface area contributed by atoms with Gasteiger partial charge in [-0.05, 0) is 38.8 Å². The summed E-state index contributed by atoms with van der Waals surface area (Å²) in [4.78, 5) is 21.3. The lowest BCUT2D eigenvalue weighted by atomic mass is 9.93. The molecule has 1 N–H and O–H groups in total. The number of nitrogens with one attached hydrogen (secondary N) is 1. The normalized spacial score (nSPS) is 25.3. The predicted octanol–water partition coefficient (Wildman–Crippen LogP) is 2.54. The molecule has 2 atom stereocenters. The number of rotatable bonds is 5. The smallest absolute Gasteiger partial charge is 0.317 e. The molecule has 3 rings (SSSR count). The molecule has 2 amide bonds. The molecule has 2 aliphatic rings. The summed E-state index contributed by atoms with van der Waals surface area (Å²) in [5.41, 5.74) is 1.26. The highest BCUT2D eigenvalue weighted by molar-refractivity contribution is 7.09. The third-order valence-corrected chi connectivity index (χ3v) is 5.99. The monoisotopic (exact) mass is 336 g/mol. The topological polar surface area (TPSA) is 48.5 Å². The number of thiazole rings is 1. The molecule has 0 aromatic carbocycles. The van der Waals surface area contributed by atoms with Gasteiger partial charge in [-0.15, -0.1) is 11.3 Å². The third kappa shape index (κ3) is 4.23. The molecule has 23 heavy (non-hydrogen) atoms.